The molecule has 0 spiro atoms. The van der Waals surface area contributed by atoms with Crippen LogP contribution >= 0.6 is 0 Å². The fourth-order valence-corrected chi connectivity index (χ4v) is 1.74. The van der Waals surface area contributed by atoms with Gasteiger partial charge in [0.15, 0.2) is 0 Å². The Kier molecular flexibility index (Phi) is 3.39. The fourth-order valence-electron chi connectivity index (χ4n) is 1.74. The van der Waals surface area contributed by atoms with Gasteiger partial charge in [-0.15, -0.1) is 5.10 Å². The van der Waals surface area contributed by atoms with Crippen LogP contribution in [0.1, 0.15) is 0 Å². The van der Waals surface area contributed by atoms with Gasteiger partial charge in [-0.25, -0.2) is 9.67 Å². The largest absolute Gasteiger partial charge is 0.384 e. The molecule has 0 unspecified atom stereocenters. The molecule has 1 aliphatic rings. The molecule has 1 fully saturated rings. The highest BCUT2D eigenvalue weighted by molar-refractivity contribution is 5.54. The van der Waals surface area contributed by atoms with Crippen molar-refractivity contribution < 1.29 is 9.47 Å². The topological polar surface area (TPSA) is 88.1 Å². The summed E-state index contributed by atoms with van der Waals surface area (Å²) in [6.07, 6.45) is 2.07. The van der Waals surface area contributed by atoms with Gasteiger partial charge in [-0.05, 0) is 12.1 Å². The molecule has 0 amide bonds. The Labute approximate surface area is 110 Å². The number of nitrogen functional groups attached to an aromatic ring is 1. The van der Waals surface area contributed by atoms with Crippen molar-refractivity contribution >= 4 is 5.82 Å². The Morgan fingerprint density at radius 3 is 3.00 bits per heavy atom. The maximum atomic E-state index is 5.64. The predicted molar refractivity (Wildman–Crippen MR) is 68.2 cm³/mol. The molecule has 2 N–H and O–H groups in total. The summed E-state index contributed by atoms with van der Waals surface area (Å²) in [4.78, 5) is 4.20. The van der Waals surface area contributed by atoms with Crippen molar-refractivity contribution in [3.8, 4) is 11.4 Å². The number of aromatic nitrogens is 4. The van der Waals surface area contributed by atoms with Crippen molar-refractivity contribution in [2.75, 3.05) is 25.6 Å². The minimum Gasteiger partial charge on any atom is -0.384 e. The van der Waals surface area contributed by atoms with E-state index >= 15 is 0 Å². The third-order valence-corrected chi connectivity index (χ3v) is 2.85. The molecule has 3 heterocycles. The molecule has 19 heavy (non-hydrogen) atoms. The average Bonchev–Trinajstić information content (AvgIpc) is 2.81. The summed E-state index contributed by atoms with van der Waals surface area (Å²) in [5.74, 6) is 0.473. The summed E-state index contributed by atoms with van der Waals surface area (Å²) < 4.78 is 12.3. The molecular weight excluding hydrogens is 246 g/mol. The summed E-state index contributed by atoms with van der Waals surface area (Å²) in [5.41, 5.74) is 7.07. The summed E-state index contributed by atoms with van der Waals surface area (Å²) in [5, 5.41) is 8.11. The minimum absolute atomic E-state index is 0.235. The molecule has 0 aliphatic carbocycles. The van der Waals surface area contributed by atoms with E-state index < -0.39 is 0 Å². The van der Waals surface area contributed by atoms with Crippen LogP contribution in [-0.2, 0) is 16.0 Å². The van der Waals surface area contributed by atoms with Crippen LogP contribution in [0.4, 0.5) is 5.82 Å². The number of pyridine rings is 1. The number of nitrogens with two attached hydrogens (primary N) is 1. The first-order chi connectivity index (χ1) is 9.31. The molecule has 2 aromatic heterocycles. The first kappa shape index (κ1) is 12.1. The lowest BCUT2D eigenvalue weighted by atomic mass is 10.3. The highest BCUT2D eigenvalue weighted by Crippen LogP contribution is 2.14. The molecule has 1 saturated heterocycles. The summed E-state index contributed by atoms with van der Waals surface area (Å²) >= 11 is 0. The lowest BCUT2D eigenvalue weighted by Crippen LogP contribution is -2.36. The normalized spacial score (nSPS) is 15.4. The van der Waals surface area contributed by atoms with Crippen LogP contribution in [0, 0.1) is 0 Å². The minimum atomic E-state index is 0.235. The van der Waals surface area contributed by atoms with Crippen LogP contribution in [0.5, 0.6) is 0 Å². The van der Waals surface area contributed by atoms with E-state index in [0.29, 0.717) is 37.9 Å². The van der Waals surface area contributed by atoms with Gasteiger partial charge in [0.1, 0.15) is 17.6 Å². The number of anilines is 1. The second kappa shape index (κ2) is 5.33. The maximum absolute atomic E-state index is 5.64. The molecule has 2 aromatic rings. The number of nitrogens with zero attached hydrogens (tertiary/aromatic N) is 4. The Bertz CT molecular complexity index is 553. The number of hydrogen-bond acceptors (Lipinski definition) is 6. The van der Waals surface area contributed by atoms with Crippen LogP contribution in [0.25, 0.3) is 11.4 Å². The first-order valence-corrected chi connectivity index (χ1v) is 6.13. The van der Waals surface area contributed by atoms with E-state index in [4.69, 9.17) is 15.2 Å². The third kappa shape index (κ3) is 2.88. The second-order valence-electron chi connectivity index (χ2n) is 4.34. The molecule has 100 valence electrons. The van der Waals surface area contributed by atoms with Gasteiger partial charge in [0.2, 0.25) is 0 Å². The standard InChI is InChI=1S/C12H15N5O2/c13-12-3-1-2-10(14-12)11-6-17(16-15-11)4-5-19-9-7-18-8-9/h1-3,6,9H,4-5,7-8H2,(H2,13,14). The highest BCUT2D eigenvalue weighted by atomic mass is 16.6. The van der Waals surface area contributed by atoms with Crippen molar-refractivity contribution in [2.24, 2.45) is 0 Å². The van der Waals surface area contributed by atoms with Crippen LogP contribution in [0.3, 0.4) is 0 Å². The number of hydrogen-bond donors (Lipinski definition) is 1. The second-order valence-corrected chi connectivity index (χ2v) is 4.34. The first-order valence-electron chi connectivity index (χ1n) is 6.13. The summed E-state index contributed by atoms with van der Waals surface area (Å²) in [6, 6.07) is 5.44. The zero-order valence-electron chi connectivity index (χ0n) is 10.4. The lowest BCUT2D eigenvalue weighted by Gasteiger charge is -2.25. The molecule has 0 radical (unpaired) electrons. The maximum Gasteiger partial charge on any atom is 0.131 e. The van der Waals surface area contributed by atoms with Crippen LogP contribution in [0.15, 0.2) is 24.4 Å². The number of ether oxygens (including phenoxy) is 2. The van der Waals surface area contributed by atoms with E-state index in [1.807, 2.05) is 18.3 Å². The zero-order chi connectivity index (χ0) is 13.1. The quantitative estimate of drug-likeness (QED) is 0.834. The van der Waals surface area contributed by atoms with Crippen molar-refractivity contribution in [1.82, 2.24) is 20.0 Å². The predicted octanol–water partition coefficient (Wildman–Crippen LogP) is 0.338. The van der Waals surface area contributed by atoms with Gasteiger partial charge < -0.3 is 15.2 Å². The third-order valence-electron chi connectivity index (χ3n) is 2.85. The molecule has 7 nitrogen and oxygen atoms in total. The van der Waals surface area contributed by atoms with E-state index in [-0.39, 0.29) is 6.10 Å². The van der Waals surface area contributed by atoms with Gasteiger partial charge in [0.25, 0.3) is 0 Å². The van der Waals surface area contributed by atoms with E-state index in [0.717, 1.165) is 5.69 Å². The van der Waals surface area contributed by atoms with Crippen molar-refractivity contribution in [1.29, 1.82) is 0 Å². The van der Waals surface area contributed by atoms with E-state index in [2.05, 4.69) is 15.3 Å². The SMILES string of the molecule is Nc1cccc(-c2cn(CCOC3COC3)nn2)n1. The van der Waals surface area contributed by atoms with E-state index in [1.165, 1.54) is 0 Å². The van der Waals surface area contributed by atoms with Gasteiger partial charge >= 0.3 is 0 Å². The van der Waals surface area contributed by atoms with E-state index in [1.54, 1.807) is 10.7 Å². The summed E-state index contributed by atoms with van der Waals surface area (Å²) in [6.45, 7) is 2.64. The molecule has 0 bridgehead atoms. The fraction of sp³-hybridized carbons (Fsp3) is 0.417. The van der Waals surface area contributed by atoms with Gasteiger partial charge in [-0.2, -0.15) is 0 Å². The Hall–Kier alpha value is -1.99. The molecule has 1 aliphatic heterocycles. The Morgan fingerprint density at radius 2 is 2.26 bits per heavy atom. The molecule has 3 rings (SSSR count). The number of rotatable bonds is 5. The molecule has 7 heteroatoms. The van der Waals surface area contributed by atoms with Gasteiger partial charge in [0.05, 0.1) is 38.3 Å². The van der Waals surface area contributed by atoms with Gasteiger partial charge in [-0.3, -0.25) is 0 Å². The van der Waals surface area contributed by atoms with Crippen molar-refractivity contribution in [2.45, 2.75) is 12.6 Å². The van der Waals surface area contributed by atoms with Gasteiger partial charge in [0, 0.05) is 0 Å². The van der Waals surface area contributed by atoms with E-state index in [9.17, 15) is 0 Å². The Balaban J connectivity index is 1.59. The van der Waals surface area contributed by atoms with Crippen LogP contribution in [0.2, 0.25) is 0 Å². The zero-order valence-corrected chi connectivity index (χ0v) is 10.4. The van der Waals surface area contributed by atoms with Crippen LogP contribution in [-0.4, -0.2) is 45.9 Å². The van der Waals surface area contributed by atoms with Gasteiger partial charge in [-0.1, -0.05) is 11.3 Å². The molecule has 0 aromatic carbocycles. The highest BCUT2D eigenvalue weighted by Gasteiger charge is 2.18. The lowest BCUT2D eigenvalue weighted by molar-refractivity contribution is -0.131. The monoisotopic (exact) mass is 261 g/mol. The molecular formula is C12H15N5O2. The van der Waals surface area contributed by atoms with Crippen molar-refractivity contribution in [3.05, 3.63) is 24.4 Å². The van der Waals surface area contributed by atoms with Crippen molar-refractivity contribution in [3.63, 3.8) is 0 Å². The van der Waals surface area contributed by atoms with Crippen LogP contribution < -0.4 is 5.73 Å². The molecule has 0 atom stereocenters. The molecule has 0 saturated carbocycles. The Morgan fingerprint density at radius 1 is 1.37 bits per heavy atom. The smallest absolute Gasteiger partial charge is 0.131 e. The average molecular weight is 261 g/mol. The summed E-state index contributed by atoms with van der Waals surface area (Å²) in [7, 11) is 0.